The van der Waals surface area contributed by atoms with E-state index in [1.54, 1.807) is 0 Å². The van der Waals surface area contributed by atoms with Crippen molar-refractivity contribution >= 4 is 16.6 Å². The number of anilines is 1. The zero-order chi connectivity index (χ0) is 12.5. The van der Waals surface area contributed by atoms with Crippen molar-refractivity contribution in [2.24, 2.45) is 5.73 Å². The highest BCUT2D eigenvalue weighted by Crippen LogP contribution is 2.26. The molecule has 1 aromatic carbocycles. The van der Waals surface area contributed by atoms with Gasteiger partial charge in [0, 0.05) is 11.1 Å². The highest BCUT2D eigenvalue weighted by molar-refractivity contribution is 5.82. The van der Waals surface area contributed by atoms with Gasteiger partial charge in [0.05, 0.1) is 16.7 Å². The van der Waals surface area contributed by atoms with Crippen molar-refractivity contribution in [1.82, 2.24) is 4.98 Å². The molecule has 2 rings (SSSR count). The van der Waals surface area contributed by atoms with Crippen molar-refractivity contribution in [3.05, 3.63) is 36.0 Å². The minimum Gasteiger partial charge on any atom is -0.399 e. The summed E-state index contributed by atoms with van der Waals surface area (Å²) in [6.45, 7) is 4.19. The van der Waals surface area contributed by atoms with Crippen LogP contribution in [0.15, 0.2) is 30.3 Å². The number of fused-ring (bicyclic) bond motifs is 1. The summed E-state index contributed by atoms with van der Waals surface area (Å²) in [4.78, 5) is 4.65. The summed E-state index contributed by atoms with van der Waals surface area (Å²) in [5.41, 5.74) is 14.4. The molecule has 0 aliphatic rings. The second-order valence-electron chi connectivity index (χ2n) is 4.51. The van der Waals surface area contributed by atoms with Gasteiger partial charge in [-0.05, 0) is 37.1 Å². The highest BCUT2D eigenvalue weighted by Gasteiger charge is 2.24. The molecule has 1 heterocycles. The quantitative estimate of drug-likeness (QED) is 0.795. The number of rotatable bonds is 3. The van der Waals surface area contributed by atoms with Gasteiger partial charge in [-0.2, -0.15) is 0 Å². The molecule has 0 unspecified atom stereocenters. The molecule has 3 heteroatoms. The van der Waals surface area contributed by atoms with Gasteiger partial charge in [-0.25, -0.2) is 0 Å². The highest BCUT2D eigenvalue weighted by atomic mass is 14.8. The van der Waals surface area contributed by atoms with E-state index in [2.05, 4.69) is 18.8 Å². The van der Waals surface area contributed by atoms with Crippen LogP contribution >= 0.6 is 0 Å². The van der Waals surface area contributed by atoms with Crippen molar-refractivity contribution in [3.63, 3.8) is 0 Å². The molecule has 0 saturated carbocycles. The van der Waals surface area contributed by atoms with E-state index in [9.17, 15) is 0 Å². The van der Waals surface area contributed by atoms with Crippen LogP contribution in [0.4, 0.5) is 5.69 Å². The minimum atomic E-state index is -0.324. The molecule has 0 fully saturated rings. The Balaban J connectivity index is 2.55. The van der Waals surface area contributed by atoms with Gasteiger partial charge in [0.1, 0.15) is 0 Å². The fraction of sp³-hybridized carbons (Fsp3) is 0.357. The zero-order valence-electron chi connectivity index (χ0n) is 10.4. The maximum absolute atomic E-state index is 6.35. The van der Waals surface area contributed by atoms with Crippen LogP contribution in [0.25, 0.3) is 10.9 Å². The van der Waals surface area contributed by atoms with Crippen LogP contribution in [0.2, 0.25) is 0 Å². The third kappa shape index (κ3) is 2.11. The molecule has 0 saturated heterocycles. The average molecular weight is 229 g/mol. The Bertz CT molecular complexity index is 530. The molecule has 0 atom stereocenters. The standard InChI is InChI=1S/C14H19N3/c1-3-14(16,4-2)13-8-5-10-9-11(15)6-7-12(10)17-13/h5-9H,3-4,15-16H2,1-2H3. The lowest BCUT2D eigenvalue weighted by molar-refractivity contribution is 0.402. The van der Waals surface area contributed by atoms with Gasteiger partial charge >= 0.3 is 0 Å². The van der Waals surface area contributed by atoms with Crippen LogP contribution in [-0.2, 0) is 5.54 Å². The molecule has 4 N–H and O–H groups in total. The molecule has 0 radical (unpaired) electrons. The lowest BCUT2D eigenvalue weighted by Crippen LogP contribution is -2.36. The third-order valence-corrected chi connectivity index (χ3v) is 3.49. The first-order chi connectivity index (χ1) is 8.09. The summed E-state index contributed by atoms with van der Waals surface area (Å²) in [5, 5.41) is 1.06. The smallest absolute Gasteiger partial charge is 0.0707 e. The monoisotopic (exact) mass is 229 g/mol. The summed E-state index contributed by atoms with van der Waals surface area (Å²) >= 11 is 0. The number of nitrogen functional groups attached to an aromatic ring is 1. The summed E-state index contributed by atoms with van der Waals surface area (Å²) in [5.74, 6) is 0. The van der Waals surface area contributed by atoms with Crippen molar-refractivity contribution in [1.29, 1.82) is 0 Å². The minimum absolute atomic E-state index is 0.324. The summed E-state index contributed by atoms with van der Waals surface area (Å²) in [6.07, 6.45) is 1.77. The maximum atomic E-state index is 6.35. The van der Waals surface area contributed by atoms with Gasteiger partial charge in [-0.1, -0.05) is 19.9 Å². The van der Waals surface area contributed by atoms with Gasteiger partial charge < -0.3 is 11.5 Å². The number of pyridine rings is 1. The van der Waals surface area contributed by atoms with Gasteiger partial charge in [-0.15, -0.1) is 0 Å². The Morgan fingerprint density at radius 1 is 1.12 bits per heavy atom. The number of nitrogens with two attached hydrogens (primary N) is 2. The molecular weight excluding hydrogens is 210 g/mol. The van der Waals surface area contributed by atoms with E-state index in [4.69, 9.17) is 11.5 Å². The number of hydrogen-bond acceptors (Lipinski definition) is 3. The van der Waals surface area contributed by atoms with Gasteiger partial charge in [0.25, 0.3) is 0 Å². The van der Waals surface area contributed by atoms with Gasteiger partial charge in [0.15, 0.2) is 0 Å². The van der Waals surface area contributed by atoms with Crippen molar-refractivity contribution in [2.75, 3.05) is 5.73 Å². The van der Waals surface area contributed by atoms with E-state index in [1.807, 2.05) is 30.3 Å². The Kier molecular flexibility index (Phi) is 3.03. The lowest BCUT2D eigenvalue weighted by Gasteiger charge is -2.26. The van der Waals surface area contributed by atoms with Crippen molar-refractivity contribution in [2.45, 2.75) is 32.2 Å². The predicted molar refractivity (Wildman–Crippen MR) is 72.6 cm³/mol. The fourth-order valence-corrected chi connectivity index (χ4v) is 2.03. The van der Waals surface area contributed by atoms with E-state index in [1.165, 1.54) is 0 Å². The molecule has 17 heavy (non-hydrogen) atoms. The summed E-state index contributed by atoms with van der Waals surface area (Å²) in [7, 11) is 0. The molecule has 0 aliphatic heterocycles. The van der Waals surface area contributed by atoms with E-state index in [0.717, 1.165) is 35.1 Å². The van der Waals surface area contributed by atoms with Crippen LogP contribution in [-0.4, -0.2) is 4.98 Å². The van der Waals surface area contributed by atoms with Gasteiger partial charge in [-0.3, -0.25) is 4.98 Å². The van der Waals surface area contributed by atoms with E-state index in [0.29, 0.717) is 0 Å². The SMILES string of the molecule is CCC(N)(CC)c1ccc2cc(N)ccc2n1. The van der Waals surface area contributed by atoms with Crippen LogP contribution in [0, 0.1) is 0 Å². The Morgan fingerprint density at radius 3 is 2.47 bits per heavy atom. The maximum Gasteiger partial charge on any atom is 0.0707 e. The molecule has 90 valence electrons. The largest absolute Gasteiger partial charge is 0.399 e. The van der Waals surface area contributed by atoms with E-state index < -0.39 is 0 Å². The first kappa shape index (κ1) is 11.9. The van der Waals surface area contributed by atoms with Crippen LogP contribution in [0.3, 0.4) is 0 Å². The number of nitrogens with zero attached hydrogens (tertiary/aromatic N) is 1. The van der Waals surface area contributed by atoms with Crippen molar-refractivity contribution in [3.8, 4) is 0 Å². The first-order valence-corrected chi connectivity index (χ1v) is 6.04. The molecule has 2 aromatic rings. The van der Waals surface area contributed by atoms with Crippen LogP contribution in [0.5, 0.6) is 0 Å². The van der Waals surface area contributed by atoms with Crippen molar-refractivity contribution < 1.29 is 0 Å². The van der Waals surface area contributed by atoms with Gasteiger partial charge in [0.2, 0.25) is 0 Å². The summed E-state index contributed by atoms with van der Waals surface area (Å²) in [6, 6.07) is 9.80. The fourth-order valence-electron chi connectivity index (χ4n) is 2.03. The molecule has 0 amide bonds. The normalized spacial score (nSPS) is 11.9. The molecular formula is C14H19N3. The average Bonchev–Trinajstić information content (AvgIpc) is 2.37. The number of aromatic nitrogens is 1. The second kappa shape index (κ2) is 4.34. The molecule has 0 spiro atoms. The van der Waals surface area contributed by atoms with E-state index >= 15 is 0 Å². The third-order valence-electron chi connectivity index (χ3n) is 3.49. The Hall–Kier alpha value is -1.61. The molecule has 0 bridgehead atoms. The zero-order valence-corrected chi connectivity index (χ0v) is 10.4. The first-order valence-electron chi connectivity index (χ1n) is 6.04. The molecule has 0 aliphatic carbocycles. The Labute approximate surface area is 102 Å². The Morgan fingerprint density at radius 2 is 1.82 bits per heavy atom. The molecule has 3 nitrogen and oxygen atoms in total. The summed E-state index contributed by atoms with van der Waals surface area (Å²) < 4.78 is 0. The number of benzene rings is 1. The molecule has 1 aromatic heterocycles. The predicted octanol–water partition coefficient (Wildman–Crippen LogP) is 2.79. The van der Waals surface area contributed by atoms with Crippen LogP contribution in [0.1, 0.15) is 32.4 Å². The topological polar surface area (TPSA) is 64.9 Å². The lowest BCUT2D eigenvalue weighted by atomic mass is 9.89. The second-order valence-corrected chi connectivity index (χ2v) is 4.51. The van der Waals surface area contributed by atoms with Crippen LogP contribution < -0.4 is 11.5 Å². The van der Waals surface area contributed by atoms with E-state index in [-0.39, 0.29) is 5.54 Å². The number of hydrogen-bond donors (Lipinski definition) is 2.